The van der Waals surface area contributed by atoms with Gasteiger partial charge in [0.1, 0.15) is 12.4 Å². The zero-order valence-electron chi connectivity index (χ0n) is 15.4. The number of carbonyl (C=O) groups excluding carboxylic acids is 1. The molecular weight excluding hydrogens is 376 g/mol. The molecule has 0 unspecified atom stereocenters. The minimum absolute atomic E-state index is 0.00441. The van der Waals surface area contributed by atoms with Crippen LogP contribution in [0.25, 0.3) is 0 Å². The highest BCUT2D eigenvalue weighted by Gasteiger charge is 2.16. The van der Waals surface area contributed by atoms with Gasteiger partial charge in [-0.05, 0) is 30.7 Å². The SMILES string of the molecule is Cc1ccccc1OCCN(C)C(=O)c1ccccc1SCc1cscn1. The Kier molecular flexibility index (Phi) is 6.90. The molecule has 4 nitrogen and oxygen atoms in total. The van der Waals surface area contributed by atoms with Gasteiger partial charge in [-0.1, -0.05) is 30.3 Å². The van der Waals surface area contributed by atoms with Crippen LogP contribution in [-0.2, 0) is 5.75 Å². The van der Waals surface area contributed by atoms with E-state index in [1.165, 1.54) is 0 Å². The maximum absolute atomic E-state index is 12.9. The molecule has 0 bridgehead atoms. The van der Waals surface area contributed by atoms with E-state index in [4.69, 9.17) is 4.74 Å². The van der Waals surface area contributed by atoms with Crippen molar-refractivity contribution in [2.45, 2.75) is 17.6 Å². The van der Waals surface area contributed by atoms with Gasteiger partial charge in [0.15, 0.2) is 0 Å². The fourth-order valence-corrected chi connectivity index (χ4v) is 4.16. The number of hydrogen-bond acceptors (Lipinski definition) is 5. The number of carbonyl (C=O) groups is 1. The number of aryl methyl sites for hydroxylation is 1. The Balaban J connectivity index is 1.58. The molecule has 1 amide bonds. The second-order valence-electron chi connectivity index (χ2n) is 6.11. The average molecular weight is 399 g/mol. The number of rotatable bonds is 8. The number of nitrogens with zero attached hydrogens (tertiary/aromatic N) is 2. The Morgan fingerprint density at radius 2 is 1.96 bits per heavy atom. The highest BCUT2D eigenvalue weighted by Crippen LogP contribution is 2.27. The molecule has 3 aromatic rings. The van der Waals surface area contributed by atoms with Crippen molar-refractivity contribution in [3.8, 4) is 5.75 Å². The maximum Gasteiger partial charge on any atom is 0.254 e. The van der Waals surface area contributed by atoms with Crippen LogP contribution < -0.4 is 4.74 Å². The van der Waals surface area contributed by atoms with Crippen LogP contribution in [0.15, 0.2) is 64.3 Å². The predicted octanol–water partition coefficient (Wildman–Crippen LogP) is 4.89. The van der Waals surface area contributed by atoms with Gasteiger partial charge in [0.25, 0.3) is 5.91 Å². The van der Waals surface area contributed by atoms with Gasteiger partial charge in [0.2, 0.25) is 0 Å². The van der Waals surface area contributed by atoms with Crippen molar-refractivity contribution >= 4 is 29.0 Å². The molecule has 3 rings (SSSR count). The molecule has 0 aliphatic heterocycles. The molecule has 140 valence electrons. The van der Waals surface area contributed by atoms with Gasteiger partial charge >= 0.3 is 0 Å². The van der Waals surface area contributed by atoms with Crippen LogP contribution in [0.1, 0.15) is 21.6 Å². The van der Waals surface area contributed by atoms with Crippen molar-refractivity contribution in [3.63, 3.8) is 0 Å². The zero-order valence-corrected chi connectivity index (χ0v) is 17.1. The van der Waals surface area contributed by atoms with E-state index in [2.05, 4.69) is 4.98 Å². The van der Waals surface area contributed by atoms with Crippen molar-refractivity contribution in [1.82, 2.24) is 9.88 Å². The zero-order chi connectivity index (χ0) is 19.1. The second kappa shape index (κ2) is 9.58. The Bertz CT molecular complexity index is 881. The van der Waals surface area contributed by atoms with E-state index in [9.17, 15) is 4.79 Å². The molecule has 0 aliphatic carbocycles. The number of thioether (sulfide) groups is 1. The van der Waals surface area contributed by atoms with Crippen LogP contribution >= 0.6 is 23.1 Å². The lowest BCUT2D eigenvalue weighted by atomic mass is 10.2. The van der Waals surface area contributed by atoms with Crippen LogP contribution in [0.2, 0.25) is 0 Å². The third-order valence-electron chi connectivity index (χ3n) is 4.10. The lowest BCUT2D eigenvalue weighted by Gasteiger charge is -2.19. The van der Waals surface area contributed by atoms with E-state index in [0.717, 1.165) is 33.2 Å². The van der Waals surface area contributed by atoms with E-state index in [-0.39, 0.29) is 5.91 Å². The summed E-state index contributed by atoms with van der Waals surface area (Å²) in [6, 6.07) is 15.6. The maximum atomic E-state index is 12.9. The average Bonchev–Trinajstić information content (AvgIpc) is 3.21. The van der Waals surface area contributed by atoms with Crippen molar-refractivity contribution in [3.05, 3.63) is 76.2 Å². The van der Waals surface area contributed by atoms with Crippen molar-refractivity contribution in [1.29, 1.82) is 0 Å². The van der Waals surface area contributed by atoms with Crippen LogP contribution in [0, 0.1) is 6.92 Å². The van der Waals surface area contributed by atoms with Gasteiger partial charge in [-0.25, -0.2) is 4.98 Å². The number of amides is 1. The van der Waals surface area contributed by atoms with Gasteiger partial charge < -0.3 is 9.64 Å². The van der Waals surface area contributed by atoms with Crippen molar-refractivity contribution < 1.29 is 9.53 Å². The molecule has 6 heteroatoms. The van der Waals surface area contributed by atoms with Crippen LogP contribution in [0.5, 0.6) is 5.75 Å². The highest BCUT2D eigenvalue weighted by atomic mass is 32.2. The van der Waals surface area contributed by atoms with Crippen LogP contribution in [-0.4, -0.2) is 36.0 Å². The third-order valence-corrected chi connectivity index (χ3v) is 5.84. The molecule has 1 heterocycles. The van der Waals surface area contributed by atoms with E-state index >= 15 is 0 Å². The van der Waals surface area contributed by atoms with Gasteiger partial charge in [-0.15, -0.1) is 23.1 Å². The Morgan fingerprint density at radius 3 is 2.74 bits per heavy atom. The highest BCUT2D eigenvalue weighted by molar-refractivity contribution is 7.98. The monoisotopic (exact) mass is 398 g/mol. The summed E-state index contributed by atoms with van der Waals surface area (Å²) in [4.78, 5) is 19.9. The molecule has 0 aliphatic rings. The quantitative estimate of drug-likeness (QED) is 0.507. The number of thiazole rings is 1. The number of ether oxygens (including phenoxy) is 1. The predicted molar refractivity (Wildman–Crippen MR) is 112 cm³/mol. The summed E-state index contributed by atoms with van der Waals surface area (Å²) >= 11 is 3.22. The molecule has 0 fully saturated rings. The summed E-state index contributed by atoms with van der Waals surface area (Å²) in [5.74, 6) is 1.62. The van der Waals surface area contributed by atoms with Crippen molar-refractivity contribution in [2.75, 3.05) is 20.2 Å². The molecular formula is C21H22N2O2S2. The number of hydrogen-bond donors (Lipinski definition) is 0. The molecule has 0 spiro atoms. The number of benzene rings is 2. The fraction of sp³-hybridized carbons (Fsp3) is 0.238. The minimum atomic E-state index is 0.00441. The Morgan fingerprint density at radius 1 is 1.19 bits per heavy atom. The first-order chi connectivity index (χ1) is 13.1. The summed E-state index contributed by atoms with van der Waals surface area (Å²) in [5, 5.41) is 2.03. The number of likely N-dealkylation sites (N-methyl/N-ethyl adjacent to an activating group) is 1. The minimum Gasteiger partial charge on any atom is -0.491 e. The van der Waals surface area contributed by atoms with E-state index < -0.39 is 0 Å². The van der Waals surface area contributed by atoms with Crippen molar-refractivity contribution in [2.24, 2.45) is 0 Å². The molecule has 0 saturated carbocycles. The van der Waals surface area contributed by atoms with Gasteiger partial charge in [-0.3, -0.25) is 4.79 Å². The molecule has 0 atom stereocenters. The number of aromatic nitrogens is 1. The second-order valence-corrected chi connectivity index (χ2v) is 7.84. The lowest BCUT2D eigenvalue weighted by molar-refractivity contribution is 0.0770. The van der Waals surface area contributed by atoms with E-state index in [1.54, 1.807) is 28.0 Å². The molecule has 1 aromatic heterocycles. The largest absolute Gasteiger partial charge is 0.491 e. The molecule has 0 radical (unpaired) electrons. The van der Waals surface area contributed by atoms with Crippen LogP contribution in [0.4, 0.5) is 0 Å². The first-order valence-electron chi connectivity index (χ1n) is 8.68. The smallest absolute Gasteiger partial charge is 0.254 e. The standard InChI is InChI=1S/C21H22N2O2S2/c1-16-7-3-5-9-19(16)25-12-11-23(2)21(24)18-8-4-6-10-20(18)27-14-17-13-26-15-22-17/h3-10,13,15H,11-12,14H2,1-2H3. The molecule has 0 N–H and O–H groups in total. The topological polar surface area (TPSA) is 42.4 Å². The molecule has 0 saturated heterocycles. The number of para-hydroxylation sites is 1. The summed E-state index contributed by atoms with van der Waals surface area (Å²) in [5.41, 5.74) is 4.67. The summed E-state index contributed by atoms with van der Waals surface area (Å²) < 4.78 is 5.81. The van der Waals surface area contributed by atoms with Crippen LogP contribution in [0.3, 0.4) is 0 Å². The summed E-state index contributed by atoms with van der Waals surface area (Å²) in [7, 11) is 1.81. The molecule has 2 aromatic carbocycles. The van der Waals surface area contributed by atoms with E-state index in [0.29, 0.717) is 13.2 Å². The molecule has 27 heavy (non-hydrogen) atoms. The first-order valence-corrected chi connectivity index (χ1v) is 10.6. The Hall–Kier alpha value is -2.31. The summed E-state index contributed by atoms with van der Waals surface area (Å²) in [6.07, 6.45) is 0. The normalized spacial score (nSPS) is 10.6. The summed E-state index contributed by atoms with van der Waals surface area (Å²) in [6.45, 7) is 3.00. The van der Waals surface area contributed by atoms with Gasteiger partial charge in [0.05, 0.1) is 23.3 Å². The van der Waals surface area contributed by atoms with Gasteiger partial charge in [0, 0.05) is 23.1 Å². The third kappa shape index (κ3) is 5.34. The fourth-order valence-electron chi connectivity index (χ4n) is 2.55. The van der Waals surface area contributed by atoms with Gasteiger partial charge in [-0.2, -0.15) is 0 Å². The van der Waals surface area contributed by atoms with E-state index in [1.807, 2.05) is 73.4 Å². The lowest BCUT2D eigenvalue weighted by Crippen LogP contribution is -2.31. The first kappa shape index (κ1) is 19.5. The Labute approximate surface area is 168 Å².